The summed E-state index contributed by atoms with van der Waals surface area (Å²) in [6.07, 6.45) is 0.0799. The first-order valence-electron chi connectivity index (χ1n) is 6.98. The number of carbonyl (C=O) groups excluding carboxylic acids is 3. The molecular formula is C16H18N2O3. The van der Waals surface area contributed by atoms with E-state index in [0.29, 0.717) is 17.7 Å². The van der Waals surface area contributed by atoms with Crippen LogP contribution in [0.4, 0.5) is 0 Å². The number of hydrogen-bond donors (Lipinski definition) is 1. The van der Waals surface area contributed by atoms with Gasteiger partial charge in [0, 0.05) is 12.1 Å². The standard InChI is InChI=1S/C14H12N2O3.C2H6/c1-8-6-11(17)15-13(18)12(8)16-7-9-4-2-3-5-10(9)14(16)19;1-2/h2-5,12H,1,6-7H2,(H,15,17,18);1-2H3. The van der Waals surface area contributed by atoms with Crippen molar-refractivity contribution in [2.75, 3.05) is 0 Å². The second-order valence-electron chi connectivity index (χ2n) is 4.74. The Kier molecular flexibility index (Phi) is 4.21. The molecule has 1 saturated heterocycles. The van der Waals surface area contributed by atoms with Crippen LogP contribution < -0.4 is 5.32 Å². The molecule has 1 aromatic rings. The molecule has 0 saturated carbocycles. The normalized spacial score (nSPS) is 20.7. The second-order valence-corrected chi connectivity index (χ2v) is 4.74. The fraction of sp³-hybridized carbons (Fsp3) is 0.312. The molecule has 21 heavy (non-hydrogen) atoms. The van der Waals surface area contributed by atoms with Crippen molar-refractivity contribution in [2.24, 2.45) is 0 Å². The fourth-order valence-electron chi connectivity index (χ4n) is 2.59. The lowest BCUT2D eigenvalue weighted by Crippen LogP contribution is -2.53. The maximum atomic E-state index is 12.3. The van der Waals surface area contributed by atoms with E-state index in [4.69, 9.17) is 0 Å². The summed E-state index contributed by atoms with van der Waals surface area (Å²) in [5.41, 5.74) is 1.97. The highest BCUT2D eigenvalue weighted by Gasteiger charge is 2.40. The number of benzene rings is 1. The summed E-state index contributed by atoms with van der Waals surface area (Å²) in [6.45, 7) is 8.14. The summed E-state index contributed by atoms with van der Waals surface area (Å²) < 4.78 is 0. The monoisotopic (exact) mass is 286 g/mol. The second kappa shape index (κ2) is 5.91. The van der Waals surface area contributed by atoms with E-state index in [1.165, 1.54) is 4.90 Å². The van der Waals surface area contributed by atoms with Crippen molar-refractivity contribution in [3.63, 3.8) is 0 Å². The van der Waals surface area contributed by atoms with Gasteiger partial charge in [-0.25, -0.2) is 0 Å². The van der Waals surface area contributed by atoms with Crippen LogP contribution in [0.3, 0.4) is 0 Å². The zero-order chi connectivity index (χ0) is 15.6. The Labute approximate surface area is 123 Å². The molecule has 5 nitrogen and oxygen atoms in total. The largest absolute Gasteiger partial charge is 0.318 e. The topological polar surface area (TPSA) is 66.5 Å². The van der Waals surface area contributed by atoms with Crippen LogP contribution in [0.5, 0.6) is 0 Å². The van der Waals surface area contributed by atoms with Crippen LogP contribution in [0.2, 0.25) is 0 Å². The molecule has 1 fully saturated rings. The molecule has 3 rings (SSSR count). The Hall–Kier alpha value is -2.43. The first-order chi connectivity index (χ1) is 10.1. The van der Waals surface area contributed by atoms with E-state index in [1.807, 2.05) is 26.0 Å². The summed E-state index contributed by atoms with van der Waals surface area (Å²) in [7, 11) is 0. The lowest BCUT2D eigenvalue weighted by atomic mass is 9.99. The molecule has 5 heteroatoms. The molecule has 1 aromatic carbocycles. The third-order valence-corrected chi connectivity index (χ3v) is 3.45. The Morgan fingerprint density at radius 3 is 2.48 bits per heavy atom. The van der Waals surface area contributed by atoms with E-state index in [0.717, 1.165) is 5.56 Å². The van der Waals surface area contributed by atoms with Crippen LogP contribution in [-0.4, -0.2) is 28.7 Å². The number of piperidine rings is 1. The predicted octanol–water partition coefficient (Wildman–Crippen LogP) is 1.64. The number of carbonyl (C=O) groups is 3. The molecule has 1 atom stereocenters. The van der Waals surface area contributed by atoms with Crippen molar-refractivity contribution < 1.29 is 14.4 Å². The Morgan fingerprint density at radius 1 is 1.19 bits per heavy atom. The van der Waals surface area contributed by atoms with E-state index in [1.54, 1.807) is 12.1 Å². The number of imide groups is 1. The fourth-order valence-corrected chi connectivity index (χ4v) is 2.59. The Morgan fingerprint density at radius 2 is 1.86 bits per heavy atom. The molecule has 0 aliphatic carbocycles. The zero-order valence-electron chi connectivity index (χ0n) is 12.2. The summed E-state index contributed by atoms with van der Waals surface area (Å²) in [5.74, 6) is -1.02. The van der Waals surface area contributed by atoms with Crippen molar-refractivity contribution in [3.8, 4) is 0 Å². The minimum absolute atomic E-state index is 0.0799. The molecule has 0 bridgehead atoms. The van der Waals surface area contributed by atoms with E-state index >= 15 is 0 Å². The molecule has 0 aromatic heterocycles. The van der Waals surface area contributed by atoms with Gasteiger partial charge in [-0.2, -0.15) is 0 Å². The van der Waals surface area contributed by atoms with Gasteiger partial charge in [-0.05, 0) is 17.2 Å². The average Bonchev–Trinajstić information content (AvgIpc) is 2.78. The highest BCUT2D eigenvalue weighted by atomic mass is 16.2. The van der Waals surface area contributed by atoms with Crippen molar-refractivity contribution in [1.29, 1.82) is 0 Å². The minimum atomic E-state index is -0.752. The Bertz CT molecular complexity index is 602. The van der Waals surface area contributed by atoms with Gasteiger partial charge < -0.3 is 4.90 Å². The van der Waals surface area contributed by atoms with Crippen LogP contribution in [-0.2, 0) is 16.1 Å². The SMILES string of the molecule is C=C1CC(=O)NC(=O)C1N1Cc2ccccc2C1=O.CC. The smallest absolute Gasteiger partial charge is 0.255 e. The van der Waals surface area contributed by atoms with Gasteiger partial charge in [0.05, 0.1) is 6.42 Å². The molecule has 2 aliphatic rings. The van der Waals surface area contributed by atoms with Crippen LogP contribution in [0.15, 0.2) is 36.4 Å². The molecule has 1 N–H and O–H groups in total. The molecule has 2 heterocycles. The van der Waals surface area contributed by atoms with Gasteiger partial charge >= 0.3 is 0 Å². The van der Waals surface area contributed by atoms with Gasteiger partial charge in [-0.3, -0.25) is 19.7 Å². The number of nitrogens with one attached hydrogen (secondary N) is 1. The predicted molar refractivity (Wildman–Crippen MR) is 78.4 cm³/mol. The molecule has 0 spiro atoms. The quantitative estimate of drug-likeness (QED) is 0.630. The highest BCUT2D eigenvalue weighted by Crippen LogP contribution is 2.28. The van der Waals surface area contributed by atoms with Crippen molar-refractivity contribution >= 4 is 17.7 Å². The van der Waals surface area contributed by atoms with E-state index in [2.05, 4.69) is 11.9 Å². The molecule has 0 radical (unpaired) electrons. The number of nitrogens with zero attached hydrogens (tertiary/aromatic N) is 1. The molecule has 3 amide bonds. The van der Waals surface area contributed by atoms with Crippen LogP contribution >= 0.6 is 0 Å². The van der Waals surface area contributed by atoms with E-state index < -0.39 is 11.9 Å². The molecule has 1 unspecified atom stereocenters. The summed E-state index contributed by atoms with van der Waals surface area (Å²) in [4.78, 5) is 36.9. The maximum absolute atomic E-state index is 12.3. The third kappa shape index (κ3) is 2.59. The van der Waals surface area contributed by atoms with Crippen LogP contribution in [0.1, 0.15) is 36.2 Å². The highest BCUT2D eigenvalue weighted by molar-refractivity contribution is 6.07. The van der Waals surface area contributed by atoms with Crippen LogP contribution in [0.25, 0.3) is 0 Å². The number of hydrogen-bond acceptors (Lipinski definition) is 3. The molecule has 110 valence electrons. The number of amides is 3. The van der Waals surface area contributed by atoms with Gasteiger partial charge in [0.25, 0.3) is 11.8 Å². The number of rotatable bonds is 1. The summed E-state index contributed by atoms with van der Waals surface area (Å²) >= 11 is 0. The lowest BCUT2D eigenvalue weighted by Gasteiger charge is -2.31. The zero-order valence-corrected chi connectivity index (χ0v) is 12.2. The van der Waals surface area contributed by atoms with Crippen LogP contribution in [0, 0.1) is 0 Å². The summed E-state index contributed by atoms with van der Waals surface area (Å²) in [5, 5.41) is 2.25. The van der Waals surface area contributed by atoms with Gasteiger partial charge in [0.15, 0.2) is 0 Å². The van der Waals surface area contributed by atoms with Gasteiger partial charge in [0.1, 0.15) is 6.04 Å². The molecular weight excluding hydrogens is 268 g/mol. The Balaban J connectivity index is 0.000000774. The average molecular weight is 286 g/mol. The summed E-state index contributed by atoms with van der Waals surface area (Å²) in [6, 6.07) is 6.50. The third-order valence-electron chi connectivity index (χ3n) is 3.45. The maximum Gasteiger partial charge on any atom is 0.255 e. The van der Waals surface area contributed by atoms with Crippen molar-refractivity contribution in [3.05, 3.63) is 47.5 Å². The van der Waals surface area contributed by atoms with Gasteiger partial charge in [0.2, 0.25) is 5.91 Å². The minimum Gasteiger partial charge on any atom is -0.318 e. The van der Waals surface area contributed by atoms with Gasteiger partial charge in [-0.15, -0.1) is 0 Å². The lowest BCUT2D eigenvalue weighted by molar-refractivity contribution is -0.134. The first-order valence-corrected chi connectivity index (χ1v) is 6.98. The van der Waals surface area contributed by atoms with E-state index in [9.17, 15) is 14.4 Å². The van der Waals surface area contributed by atoms with Gasteiger partial charge in [-0.1, -0.05) is 38.6 Å². The van der Waals surface area contributed by atoms with Crippen molar-refractivity contribution in [2.45, 2.75) is 32.9 Å². The first kappa shape index (κ1) is 15.0. The van der Waals surface area contributed by atoms with Crippen molar-refractivity contribution in [1.82, 2.24) is 10.2 Å². The number of fused-ring (bicyclic) bond motifs is 1. The van der Waals surface area contributed by atoms with E-state index in [-0.39, 0.29) is 18.2 Å². The molecule has 2 aliphatic heterocycles.